The zero-order valence-electron chi connectivity index (χ0n) is 13.9. The van der Waals surface area contributed by atoms with Gasteiger partial charge >= 0.3 is 0 Å². The summed E-state index contributed by atoms with van der Waals surface area (Å²) in [6, 6.07) is 7.38. The Labute approximate surface area is 158 Å². The van der Waals surface area contributed by atoms with Crippen LogP contribution in [0, 0.1) is 10.1 Å². The number of nitrogens with one attached hydrogen (secondary N) is 1. The SMILES string of the molecule is O=C(CCn1cc(Cl)cn1)Nc1cc(Oc2cccnc2)cc([N+](=O)[O-])c1. The van der Waals surface area contributed by atoms with Crippen molar-refractivity contribution in [2.45, 2.75) is 13.0 Å². The van der Waals surface area contributed by atoms with Crippen molar-refractivity contribution in [2.24, 2.45) is 0 Å². The van der Waals surface area contributed by atoms with E-state index in [1.165, 1.54) is 35.3 Å². The van der Waals surface area contributed by atoms with E-state index >= 15 is 0 Å². The number of aromatic nitrogens is 3. The number of anilines is 1. The molecule has 0 saturated carbocycles. The average molecular weight is 388 g/mol. The van der Waals surface area contributed by atoms with Gasteiger partial charge in [0.2, 0.25) is 5.91 Å². The van der Waals surface area contributed by atoms with E-state index in [9.17, 15) is 14.9 Å². The minimum Gasteiger partial charge on any atom is -0.455 e. The van der Waals surface area contributed by atoms with Crippen LogP contribution < -0.4 is 10.1 Å². The van der Waals surface area contributed by atoms with Gasteiger partial charge in [0.05, 0.1) is 34.1 Å². The maximum Gasteiger partial charge on any atom is 0.275 e. The molecule has 3 rings (SSSR count). The quantitative estimate of drug-likeness (QED) is 0.489. The number of rotatable bonds is 7. The van der Waals surface area contributed by atoms with Gasteiger partial charge in [-0.1, -0.05) is 11.6 Å². The maximum absolute atomic E-state index is 12.1. The summed E-state index contributed by atoms with van der Waals surface area (Å²) in [6.45, 7) is 0.326. The van der Waals surface area contributed by atoms with Gasteiger partial charge in [0.1, 0.15) is 11.5 Å². The number of halogens is 1. The lowest BCUT2D eigenvalue weighted by Crippen LogP contribution is -2.14. The number of aryl methyl sites for hydroxylation is 1. The number of benzene rings is 1. The minimum atomic E-state index is -0.558. The molecule has 0 aliphatic heterocycles. The summed E-state index contributed by atoms with van der Waals surface area (Å²) in [7, 11) is 0. The third-order valence-electron chi connectivity index (χ3n) is 3.43. The molecule has 2 aromatic heterocycles. The molecule has 0 bridgehead atoms. The molecule has 0 fully saturated rings. The summed E-state index contributed by atoms with van der Waals surface area (Å²) in [5.74, 6) is 0.312. The fourth-order valence-corrected chi connectivity index (χ4v) is 2.42. The first-order valence-electron chi connectivity index (χ1n) is 7.85. The second-order valence-corrected chi connectivity index (χ2v) is 5.92. The minimum absolute atomic E-state index is 0.125. The Bertz CT molecular complexity index is 961. The van der Waals surface area contributed by atoms with Crippen LogP contribution in [0.15, 0.2) is 55.1 Å². The number of ether oxygens (including phenoxy) is 1. The molecule has 1 aromatic carbocycles. The highest BCUT2D eigenvalue weighted by molar-refractivity contribution is 6.30. The zero-order valence-corrected chi connectivity index (χ0v) is 14.7. The molecular formula is C17H14ClN5O4. The molecule has 1 amide bonds. The Morgan fingerprint density at radius 3 is 2.81 bits per heavy atom. The normalized spacial score (nSPS) is 10.4. The summed E-state index contributed by atoms with van der Waals surface area (Å²) in [4.78, 5) is 26.7. The Hall–Kier alpha value is -3.46. The monoisotopic (exact) mass is 387 g/mol. The second kappa shape index (κ2) is 8.28. The van der Waals surface area contributed by atoms with E-state index in [2.05, 4.69) is 15.4 Å². The summed E-state index contributed by atoms with van der Waals surface area (Å²) < 4.78 is 7.11. The predicted octanol–water partition coefficient (Wildman–Crippen LogP) is 3.66. The molecule has 0 unspecified atom stereocenters. The lowest BCUT2D eigenvalue weighted by Gasteiger charge is -2.09. The van der Waals surface area contributed by atoms with E-state index in [-0.39, 0.29) is 29.5 Å². The van der Waals surface area contributed by atoms with Crippen molar-refractivity contribution in [3.8, 4) is 11.5 Å². The highest BCUT2D eigenvalue weighted by Gasteiger charge is 2.13. The van der Waals surface area contributed by atoms with Crippen LogP contribution in [0.1, 0.15) is 6.42 Å². The van der Waals surface area contributed by atoms with E-state index in [1.54, 1.807) is 24.5 Å². The Balaban J connectivity index is 1.71. The van der Waals surface area contributed by atoms with Crippen molar-refractivity contribution in [3.05, 3.63) is 70.3 Å². The first kappa shape index (κ1) is 18.3. The zero-order chi connectivity index (χ0) is 19.2. The predicted molar refractivity (Wildman–Crippen MR) is 97.9 cm³/mol. The molecule has 27 heavy (non-hydrogen) atoms. The molecule has 10 heteroatoms. The number of hydrogen-bond donors (Lipinski definition) is 1. The van der Waals surface area contributed by atoms with E-state index in [0.717, 1.165) is 0 Å². The summed E-state index contributed by atoms with van der Waals surface area (Å²) >= 11 is 5.77. The Morgan fingerprint density at radius 2 is 2.15 bits per heavy atom. The third kappa shape index (κ3) is 5.25. The van der Waals surface area contributed by atoms with Crippen LogP contribution in [-0.4, -0.2) is 25.6 Å². The van der Waals surface area contributed by atoms with E-state index < -0.39 is 4.92 Å². The third-order valence-corrected chi connectivity index (χ3v) is 3.62. The van der Waals surface area contributed by atoms with Gasteiger partial charge < -0.3 is 10.1 Å². The molecule has 0 spiro atoms. The van der Waals surface area contributed by atoms with E-state index in [0.29, 0.717) is 17.3 Å². The van der Waals surface area contributed by atoms with Crippen molar-refractivity contribution in [1.82, 2.24) is 14.8 Å². The number of carbonyl (C=O) groups excluding carboxylic acids is 1. The number of nitrogens with zero attached hydrogens (tertiary/aromatic N) is 4. The first-order chi connectivity index (χ1) is 13.0. The maximum atomic E-state index is 12.1. The second-order valence-electron chi connectivity index (χ2n) is 5.48. The van der Waals surface area contributed by atoms with Crippen molar-refractivity contribution in [1.29, 1.82) is 0 Å². The molecule has 0 saturated heterocycles. The van der Waals surface area contributed by atoms with Gasteiger partial charge in [-0.2, -0.15) is 5.10 Å². The highest BCUT2D eigenvalue weighted by atomic mass is 35.5. The van der Waals surface area contributed by atoms with Crippen LogP contribution in [0.5, 0.6) is 11.5 Å². The van der Waals surface area contributed by atoms with Crippen LogP contribution >= 0.6 is 11.6 Å². The number of non-ortho nitro benzene ring substituents is 1. The number of nitro groups is 1. The molecular weight excluding hydrogens is 374 g/mol. The van der Waals surface area contributed by atoms with Gasteiger partial charge in [-0.3, -0.25) is 24.6 Å². The summed E-state index contributed by atoms with van der Waals surface area (Å²) in [5, 5.41) is 18.2. The highest BCUT2D eigenvalue weighted by Crippen LogP contribution is 2.29. The van der Waals surface area contributed by atoms with Gasteiger partial charge in [-0.25, -0.2) is 0 Å². The fraction of sp³-hybridized carbons (Fsp3) is 0.118. The molecule has 138 valence electrons. The first-order valence-corrected chi connectivity index (χ1v) is 8.22. The molecule has 1 N–H and O–H groups in total. The van der Waals surface area contributed by atoms with Crippen LogP contribution in [-0.2, 0) is 11.3 Å². The number of amides is 1. The largest absolute Gasteiger partial charge is 0.455 e. The molecule has 0 aliphatic carbocycles. The van der Waals surface area contributed by atoms with Crippen molar-refractivity contribution in [2.75, 3.05) is 5.32 Å². The average Bonchev–Trinajstić information content (AvgIpc) is 3.06. The standard InChI is InChI=1S/C17H14ClN5O4/c18-12-9-20-22(11-12)5-3-17(24)21-13-6-14(23(25)26)8-16(7-13)27-15-2-1-4-19-10-15/h1-2,4,6-11H,3,5H2,(H,21,24). The van der Waals surface area contributed by atoms with Crippen LogP contribution in [0.2, 0.25) is 5.02 Å². The van der Waals surface area contributed by atoms with Crippen molar-refractivity contribution < 1.29 is 14.5 Å². The van der Waals surface area contributed by atoms with Crippen LogP contribution in [0.25, 0.3) is 0 Å². The molecule has 0 atom stereocenters. The van der Waals surface area contributed by atoms with Crippen LogP contribution in [0.4, 0.5) is 11.4 Å². The molecule has 2 heterocycles. The molecule has 9 nitrogen and oxygen atoms in total. The van der Waals surface area contributed by atoms with E-state index in [4.69, 9.17) is 16.3 Å². The molecule has 0 radical (unpaired) electrons. The van der Waals surface area contributed by atoms with Gasteiger partial charge in [0.25, 0.3) is 5.69 Å². The lowest BCUT2D eigenvalue weighted by molar-refractivity contribution is -0.384. The smallest absolute Gasteiger partial charge is 0.275 e. The van der Waals surface area contributed by atoms with Crippen LogP contribution in [0.3, 0.4) is 0 Å². The van der Waals surface area contributed by atoms with Crippen molar-refractivity contribution in [3.63, 3.8) is 0 Å². The van der Waals surface area contributed by atoms with E-state index in [1.807, 2.05) is 0 Å². The van der Waals surface area contributed by atoms with Gasteiger partial charge in [0, 0.05) is 37.5 Å². The molecule has 0 aliphatic rings. The summed E-state index contributed by atoms with van der Waals surface area (Å²) in [6.07, 6.45) is 6.26. The van der Waals surface area contributed by atoms with Gasteiger partial charge in [-0.05, 0) is 12.1 Å². The number of nitro benzene ring substituents is 1. The Kier molecular flexibility index (Phi) is 5.62. The number of carbonyl (C=O) groups is 1. The molecule has 3 aromatic rings. The topological polar surface area (TPSA) is 112 Å². The summed E-state index contributed by atoms with van der Waals surface area (Å²) in [5.41, 5.74) is 0.0529. The van der Waals surface area contributed by atoms with Gasteiger partial charge in [0.15, 0.2) is 0 Å². The van der Waals surface area contributed by atoms with Crippen molar-refractivity contribution >= 4 is 28.9 Å². The number of hydrogen-bond acceptors (Lipinski definition) is 6. The van der Waals surface area contributed by atoms with Gasteiger partial charge in [-0.15, -0.1) is 0 Å². The Morgan fingerprint density at radius 1 is 1.30 bits per heavy atom. The lowest BCUT2D eigenvalue weighted by atomic mass is 10.2. The number of pyridine rings is 1. The fourth-order valence-electron chi connectivity index (χ4n) is 2.26.